The van der Waals surface area contributed by atoms with Crippen LogP contribution in [0.25, 0.3) is 0 Å². The summed E-state index contributed by atoms with van der Waals surface area (Å²) in [7, 11) is -3.60. The van der Waals surface area contributed by atoms with Gasteiger partial charge < -0.3 is 10.5 Å². The first kappa shape index (κ1) is 19.4. The lowest BCUT2D eigenvalue weighted by Crippen LogP contribution is -2.36. The highest BCUT2D eigenvalue weighted by atomic mass is 35.5. The van der Waals surface area contributed by atoms with Crippen LogP contribution < -0.4 is 5.73 Å². The number of hydrogen-bond donors (Lipinski definition) is 1. The number of sulfone groups is 1. The maximum Gasteiger partial charge on any atom is 0.183 e. The van der Waals surface area contributed by atoms with E-state index in [9.17, 15) is 8.42 Å². The van der Waals surface area contributed by atoms with Gasteiger partial charge >= 0.3 is 0 Å². The Morgan fingerprint density at radius 3 is 2.23 bits per heavy atom. The predicted molar refractivity (Wildman–Crippen MR) is 104 cm³/mol. The minimum absolute atomic E-state index is 0.210. The van der Waals surface area contributed by atoms with Crippen LogP contribution in [-0.4, -0.2) is 32.4 Å². The monoisotopic (exact) mass is 393 g/mol. The molecule has 3 rings (SSSR count). The van der Waals surface area contributed by atoms with E-state index in [2.05, 4.69) is 6.92 Å². The first-order valence-electron chi connectivity index (χ1n) is 8.79. The minimum Gasteiger partial charge on any atom is -0.380 e. The quantitative estimate of drug-likeness (QED) is 0.780. The molecule has 2 N–H and O–H groups in total. The van der Waals surface area contributed by atoms with Crippen molar-refractivity contribution in [3.05, 3.63) is 64.7 Å². The molecule has 0 amide bonds. The van der Waals surface area contributed by atoms with E-state index in [1.807, 2.05) is 31.2 Å². The summed E-state index contributed by atoms with van der Waals surface area (Å²) in [6.07, 6.45) is 0.935. The van der Waals surface area contributed by atoms with Crippen LogP contribution in [0.1, 0.15) is 30.9 Å². The van der Waals surface area contributed by atoms with E-state index in [4.69, 9.17) is 22.1 Å². The average Bonchev–Trinajstić information content (AvgIpc) is 3.27. The van der Waals surface area contributed by atoms with Gasteiger partial charge in [0, 0.05) is 17.5 Å². The van der Waals surface area contributed by atoms with Crippen molar-refractivity contribution < 1.29 is 13.2 Å². The Morgan fingerprint density at radius 1 is 1.08 bits per heavy atom. The van der Waals surface area contributed by atoms with E-state index < -0.39 is 20.6 Å². The van der Waals surface area contributed by atoms with Crippen LogP contribution in [-0.2, 0) is 21.0 Å². The molecular weight excluding hydrogens is 370 g/mol. The fraction of sp³-hybridized carbons (Fsp3) is 0.400. The molecule has 0 aliphatic heterocycles. The second-order valence-electron chi connectivity index (χ2n) is 6.74. The van der Waals surface area contributed by atoms with Crippen LogP contribution in [0.5, 0.6) is 0 Å². The second-order valence-corrected chi connectivity index (χ2v) is 9.25. The summed E-state index contributed by atoms with van der Waals surface area (Å²) in [5.74, 6) is -0.291. The Labute approximate surface area is 160 Å². The minimum atomic E-state index is -3.60. The standard InChI is InChI=1S/C20H24ClNO3S/c1-3-14-5-7-15(8-6-14)18-19(20(18,22)13-25-4-2)26(23,24)17-11-9-16(21)10-12-17/h5-12,18-19H,3-4,13,22H2,1-2H3. The lowest BCUT2D eigenvalue weighted by molar-refractivity contribution is 0.125. The summed E-state index contributed by atoms with van der Waals surface area (Å²) in [5.41, 5.74) is 7.76. The molecule has 26 heavy (non-hydrogen) atoms. The molecule has 2 aromatic carbocycles. The summed E-state index contributed by atoms with van der Waals surface area (Å²) in [6, 6.07) is 14.3. The van der Waals surface area contributed by atoms with Gasteiger partial charge in [-0.15, -0.1) is 0 Å². The molecule has 1 saturated carbocycles. The van der Waals surface area contributed by atoms with E-state index in [-0.39, 0.29) is 17.4 Å². The number of rotatable bonds is 7. The Balaban J connectivity index is 1.97. The highest BCUT2D eigenvalue weighted by Gasteiger charge is 2.69. The van der Waals surface area contributed by atoms with Crippen molar-refractivity contribution >= 4 is 21.4 Å². The third-order valence-electron chi connectivity index (χ3n) is 5.08. The van der Waals surface area contributed by atoms with Gasteiger partial charge in [-0.25, -0.2) is 8.42 Å². The molecule has 1 aliphatic rings. The fourth-order valence-corrected chi connectivity index (χ4v) is 5.98. The van der Waals surface area contributed by atoms with Crippen molar-refractivity contribution in [2.75, 3.05) is 13.2 Å². The molecular formula is C20H24ClNO3S. The van der Waals surface area contributed by atoms with E-state index in [1.54, 1.807) is 12.1 Å². The topological polar surface area (TPSA) is 69.4 Å². The summed E-state index contributed by atoms with van der Waals surface area (Å²) >= 11 is 5.90. The smallest absolute Gasteiger partial charge is 0.183 e. The van der Waals surface area contributed by atoms with Crippen molar-refractivity contribution in [3.63, 3.8) is 0 Å². The summed E-state index contributed by atoms with van der Waals surface area (Å²) in [5, 5.41) is -0.213. The van der Waals surface area contributed by atoms with Crippen LogP contribution in [0.15, 0.2) is 53.4 Å². The molecule has 1 fully saturated rings. The van der Waals surface area contributed by atoms with Gasteiger partial charge in [0.2, 0.25) is 0 Å². The van der Waals surface area contributed by atoms with Crippen molar-refractivity contribution in [3.8, 4) is 0 Å². The van der Waals surface area contributed by atoms with E-state index in [0.29, 0.717) is 11.6 Å². The predicted octanol–water partition coefficient (Wildman–Crippen LogP) is 3.58. The summed E-state index contributed by atoms with van der Waals surface area (Å²) in [6.45, 7) is 4.66. The van der Waals surface area contributed by atoms with Gasteiger partial charge in [0.1, 0.15) is 0 Å². The largest absolute Gasteiger partial charge is 0.380 e. The normalized spacial score (nSPS) is 25.2. The zero-order valence-electron chi connectivity index (χ0n) is 15.0. The van der Waals surface area contributed by atoms with Gasteiger partial charge in [0.05, 0.1) is 22.3 Å². The first-order chi connectivity index (χ1) is 12.3. The molecule has 4 nitrogen and oxygen atoms in total. The number of nitrogens with two attached hydrogens (primary N) is 1. The highest BCUT2D eigenvalue weighted by Crippen LogP contribution is 2.55. The summed E-state index contributed by atoms with van der Waals surface area (Å²) in [4.78, 5) is 0.242. The molecule has 1 aliphatic carbocycles. The van der Waals surface area contributed by atoms with Gasteiger partial charge in [-0.1, -0.05) is 42.8 Å². The third-order valence-corrected chi connectivity index (χ3v) is 7.64. The number of hydrogen-bond acceptors (Lipinski definition) is 4. The van der Waals surface area contributed by atoms with Crippen molar-refractivity contribution in [1.82, 2.24) is 0 Å². The molecule has 0 radical (unpaired) electrons. The summed E-state index contributed by atoms with van der Waals surface area (Å²) < 4.78 is 32.0. The lowest BCUT2D eigenvalue weighted by atomic mass is 10.0. The van der Waals surface area contributed by atoms with Gasteiger partial charge in [0.15, 0.2) is 9.84 Å². The van der Waals surface area contributed by atoms with Crippen LogP contribution in [0, 0.1) is 0 Å². The first-order valence-corrected chi connectivity index (χ1v) is 10.7. The SMILES string of the molecule is CCOCC1(N)C(c2ccc(CC)cc2)C1S(=O)(=O)c1ccc(Cl)cc1. The maximum absolute atomic E-state index is 13.2. The molecule has 0 aromatic heterocycles. The van der Waals surface area contributed by atoms with Crippen molar-refractivity contribution in [2.24, 2.45) is 5.73 Å². The van der Waals surface area contributed by atoms with E-state index >= 15 is 0 Å². The molecule has 3 atom stereocenters. The zero-order chi connectivity index (χ0) is 18.9. The number of halogens is 1. The molecule has 2 aromatic rings. The molecule has 3 unspecified atom stereocenters. The molecule has 0 heterocycles. The Bertz CT molecular complexity index is 865. The van der Waals surface area contributed by atoms with Gasteiger partial charge in [0.25, 0.3) is 0 Å². The van der Waals surface area contributed by atoms with E-state index in [1.165, 1.54) is 17.7 Å². The van der Waals surface area contributed by atoms with Gasteiger partial charge in [-0.3, -0.25) is 0 Å². The van der Waals surface area contributed by atoms with E-state index in [0.717, 1.165) is 12.0 Å². The average molecular weight is 394 g/mol. The Kier molecular flexibility index (Phi) is 5.45. The molecule has 0 spiro atoms. The highest BCUT2D eigenvalue weighted by molar-refractivity contribution is 7.92. The Morgan fingerprint density at radius 2 is 1.69 bits per heavy atom. The zero-order valence-corrected chi connectivity index (χ0v) is 16.6. The lowest BCUT2D eigenvalue weighted by Gasteiger charge is -2.12. The molecule has 6 heteroatoms. The van der Waals surface area contributed by atoms with Crippen LogP contribution in [0.2, 0.25) is 5.02 Å². The van der Waals surface area contributed by atoms with Crippen LogP contribution in [0.4, 0.5) is 0 Å². The Hall–Kier alpha value is -1.40. The number of ether oxygens (including phenoxy) is 1. The molecule has 0 saturated heterocycles. The number of benzene rings is 2. The van der Waals surface area contributed by atoms with Crippen molar-refractivity contribution in [1.29, 1.82) is 0 Å². The van der Waals surface area contributed by atoms with Crippen LogP contribution >= 0.6 is 11.6 Å². The molecule has 0 bridgehead atoms. The fourth-order valence-electron chi connectivity index (χ4n) is 3.56. The third kappa shape index (κ3) is 3.41. The second kappa shape index (κ2) is 7.31. The van der Waals surface area contributed by atoms with Crippen LogP contribution in [0.3, 0.4) is 0 Å². The number of aryl methyl sites for hydroxylation is 1. The van der Waals surface area contributed by atoms with Gasteiger partial charge in [-0.05, 0) is 48.7 Å². The van der Waals surface area contributed by atoms with Crippen molar-refractivity contribution in [2.45, 2.75) is 41.9 Å². The molecule has 140 valence electrons. The maximum atomic E-state index is 13.2. The van der Waals surface area contributed by atoms with Gasteiger partial charge in [-0.2, -0.15) is 0 Å².